The molecule has 1 aromatic rings. The zero-order valence-corrected chi connectivity index (χ0v) is 13.4. The molecule has 0 aliphatic heterocycles. The lowest BCUT2D eigenvalue weighted by Crippen LogP contribution is -2.38. The molecule has 0 aromatic heterocycles. The van der Waals surface area contributed by atoms with Gasteiger partial charge >= 0.3 is 12.3 Å². The second-order valence-electron chi connectivity index (χ2n) is 6.20. The molecule has 2 N–H and O–H groups in total. The summed E-state index contributed by atoms with van der Waals surface area (Å²) in [7, 11) is 1.44. The van der Waals surface area contributed by atoms with E-state index in [9.17, 15) is 22.4 Å². The zero-order chi connectivity index (χ0) is 18.0. The van der Waals surface area contributed by atoms with E-state index in [2.05, 4.69) is 0 Å². The number of amides is 1. The molecule has 0 radical (unpaired) electrons. The third kappa shape index (κ3) is 5.70. The Hall–Kier alpha value is -1.83. The van der Waals surface area contributed by atoms with Crippen molar-refractivity contribution in [3.63, 3.8) is 0 Å². The largest absolute Gasteiger partial charge is 0.444 e. The average Bonchev–Trinajstić information content (AvgIpc) is 2.34. The van der Waals surface area contributed by atoms with Crippen LogP contribution >= 0.6 is 0 Å². The van der Waals surface area contributed by atoms with Gasteiger partial charge in [-0.05, 0) is 38.5 Å². The molecule has 0 unspecified atom stereocenters. The van der Waals surface area contributed by atoms with Crippen LogP contribution in [0.3, 0.4) is 0 Å². The maximum Gasteiger partial charge on any atom is 0.419 e. The quantitative estimate of drug-likeness (QED) is 0.856. The monoisotopic (exact) mass is 336 g/mol. The summed E-state index contributed by atoms with van der Waals surface area (Å²) in [6.45, 7) is 5.07. The Morgan fingerprint density at radius 2 is 1.87 bits per heavy atom. The number of carbonyl (C=O) groups excluding carboxylic acids is 1. The van der Waals surface area contributed by atoms with E-state index >= 15 is 0 Å². The van der Waals surface area contributed by atoms with Crippen LogP contribution in [-0.4, -0.2) is 30.2 Å². The van der Waals surface area contributed by atoms with Gasteiger partial charge in [-0.25, -0.2) is 9.18 Å². The van der Waals surface area contributed by atoms with Gasteiger partial charge in [0.05, 0.1) is 5.56 Å². The van der Waals surface area contributed by atoms with Gasteiger partial charge in [0.1, 0.15) is 11.4 Å². The predicted octanol–water partition coefficient (Wildman–Crippen LogP) is 3.71. The molecule has 1 atom stereocenters. The van der Waals surface area contributed by atoms with Crippen molar-refractivity contribution in [2.75, 3.05) is 13.6 Å². The Labute approximate surface area is 132 Å². The molecule has 8 heteroatoms. The molecular formula is C15H20F4N2O2. The summed E-state index contributed by atoms with van der Waals surface area (Å²) in [4.78, 5) is 13.0. The molecule has 4 nitrogen and oxygen atoms in total. The molecule has 0 saturated carbocycles. The molecule has 0 aliphatic rings. The molecule has 0 heterocycles. The second kappa shape index (κ2) is 6.74. The molecular weight excluding hydrogens is 316 g/mol. The average molecular weight is 336 g/mol. The van der Waals surface area contributed by atoms with Crippen LogP contribution in [0.4, 0.5) is 22.4 Å². The Bertz CT molecular complexity index is 568. The van der Waals surface area contributed by atoms with Crippen LogP contribution in [0, 0.1) is 5.82 Å². The lowest BCUT2D eigenvalue weighted by Gasteiger charge is -2.26. The molecule has 0 fully saturated rings. The molecule has 1 amide bonds. The minimum atomic E-state index is -4.76. The van der Waals surface area contributed by atoms with E-state index in [0.29, 0.717) is 6.07 Å². The third-order valence-corrected chi connectivity index (χ3v) is 2.90. The van der Waals surface area contributed by atoms with E-state index in [-0.39, 0.29) is 12.1 Å². The number of hydrogen-bond acceptors (Lipinski definition) is 3. The van der Waals surface area contributed by atoms with Gasteiger partial charge < -0.3 is 15.4 Å². The predicted molar refractivity (Wildman–Crippen MR) is 77.2 cm³/mol. The number of carbonyl (C=O) groups is 1. The number of nitrogens with zero attached hydrogens (tertiary/aromatic N) is 1. The van der Waals surface area contributed by atoms with Crippen molar-refractivity contribution in [3.8, 4) is 0 Å². The number of nitrogens with two attached hydrogens (primary N) is 1. The number of ether oxygens (including phenoxy) is 1. The molecule has 130 valence electrons. The van der Waals surface area contributed by atoms with Gasteiger partial charge in [0.2, 0.25) is 0 Å². The van der Waals surface area contributed by atoms with E-state index in [1.165, 1.54) is 11.9 Å². The van der Waals surface area contributed by atoms with Crippen LogP contribution in [0.5, 0.6) is 0 Å². The summed E-state index contributed by atoms with van der Waals surface area (Å²) in [6.07, 6.45) is -5.39. The number of halogens is 4. The zero-order valence-electron chi connectivity index (χ0n) is 13.4. The molecule has 0 saturated heterocycles. The molecule has 0 bridgehead atoms. The molecule has 23 heavy (non-hydrogen) atoms. The number of rotatable bonds is 3. The molecule has 1 rings (SSSR count). The fourth-order valence-electron chi connectivity index (χ4n) is 1.81. The van der Waals surface area contributed by atoms with Crippen molar-refractivity contribution in [3.05, 3.63) is 35.1 Å². The summed E-state index contributed by atoms with van der Waals surface area (Å²) in [6, 6.07) is 1.62. The van der Waals surface area contributed by atoms with Crippen LogP contribution in [0.15, 0.2) is 18.2 Å². The van der Waals surface area contributed by atoms with Crippen molar-refractivity contribution < 1.29 is 27.1 Å². The molecule has 1 aromatic carbocycles. The second-order valence-corrected chi connectivity index (χ2v) is 6.20. The Morgan fingerprint density at radius 1 is 1.30 bits per heavy atom. The number of hydrogen-bond donors (Lipinski definition) is 1. The van der Waals surface area contributed by atoms with Crippen molar-refractivity contribution in [1.82, 2.24) is 4.90 Å². The van der Waals surface area contributed by atoms with Crippen molar-refractivity contribution in [2.45, 2.75) is 38.6 Å². The van der Waals surface area contributed by atoms with E-state index in [1.807, 2.05) is 0 Å². The molecule has 0 spiro atoms. The first-order valence-electron chi connectivity index (χ1n) is 6.87. The topological polar surface area (TPSA) is 55.6 Å². The summed E-state index contributed by atoms with van der Waals surface area (Å²) >= 11 is 0. The smallest absolute Gasteiger partial charge is 0.419 e. The maximum absolute atomic E-state index is 13.5. The lowest BCUT2D eigenvalue weighted by atomic mass is 10.0. The van der Waals surface area contributed by atoms with Gasteiger partial charge in [-0.1, -0.05) is 6.07 Å². The highest BCUT2D eigenvalue weighted by atomic mass is 19.4. The van der Waals surface area contributed by atoms with Crippen molar-refractivity contribution >= 4 is 6.09 Å². The first kappa shape index (κ1) is 19.2. The first-order chi connectivity index (χ1) is 10.3. The summed E-state index contributed by atoms with van der Waals surface area (Å²) in [5.74, 6) is -1.40. The maximum atomic E-state index is 13.5. The highest BCUT2D eigenvalue weighted by Crippen LogP contribution is 2.32. The van der Waals surface area contributed by atoms with Crippen molar-refractivity contribution in [2.24, 2.45) is 5.73 Å². The van der Waals surface area contributed by atoms with E-state index in [0.717, 1.165) is 12.1 Å². The lowest BCUT2D eigenvalue weighted by molar-refractivity contribution is -0.140. The summed E-state index contributed by atoms with van der Waals surface area (Å²) in [5.41, 5.74) is 3.95. The number of benzene rings is 1. The van der Waals surface area contributed by atoms with Gasteiger partial charge in [-0.3, -0.25) is 0 Å². The SMILES string of the molecule is CN(C[C@@H](N)c1ccc(C(F)(F)F)c(F)c1)C(=O)OC(C)(C)C. The van der Waals surface area contributed by atoms with E-state index < -0.39 is 35.3 Å². The Balaban J connectivity index is 2.81. The van der Waals surface area contributed by atoms with Gasteiger partial charge in [0, 0.05) is 19.6 Å². The Kier molecular flexibility index (Phi) is 5.63. The third-order valence-electron chi connectivity index (χ3n) is 2.90. The van der Waals surface area contributed by atoms with Gasteiger partial charge in [-0.15, -0.1) is 0 Å². The summed E-state index contributed by atoms with van der Waals surface area (Å²) in [5, 5.41) is 0. The highest BCUT2D eigenvalue weighted by molar-refractivity contribution is 5.67. The first-order valence-corrected chi connectivity index (χ1v) is 6.87. The van der Waals surface area contributed by atoms with Crippen LogP contribution in [-0.2, 0) is 10.9 Å². The van der Waals surface area contributed by atoms with Crippen LogP contribution in [0.2, 0.25) is 0 Å². The Morgan fingerprint density at radius 3 is 2.30 bits per heavy atom. The van der Waals surface area contributed by atoms with Crippen LogP contribution in [0.25, 0.3) is 0 Å². The van der Waals surface area contributed by atoms with Crippen LogP contribution in [0.1, 0.15) is 37.9 Å². The minimum Gasteiger partial charge on any atom is -0.444 e. The number of likely N-dealkylation sites (N-methyl/N-ethyl adjacent to an activating group) is 1. The normalized spacial score (nSPS) is 13.6. The fraction of sp³-hybridized carbons (Fsp3) is 0.533. The highest BCUT2D eigenvalue weighted by Gasteiger charge is 2.34. The standard InChI is InChI=1S/C15H20F4N2O2/c1-14(2,3)23-13(22)21(4)8-12(20)9-5-6-10(11(16)7-9)15(17,18)19/h5-7,12H,8,20H2,1-4H3/t12-/m1/s1. The summed E-state index contributed by atoms with van der Waals surface area (Å²) < 4.78 is 56.2. The van der Waals surface area contributed by atoms with E-state index in [4.69, 9.17) is 10.5 Å². The van der Waals surface area contributed by atoms with Crippen LogP contribution < -0.4 is 5.73 Å². The van der Waals surface area contributed by atoms with Gasteiger partial charge in [0.25, 0.3) is 0 Å². The van der Waals surface area contributed by atoms with E-state index in [1.54, 1.807) is 20.8 Å². The minimum absolute atomic E-state index is 0.0281. The van der Waals surface area contributed by atoms with Gasteiger partial charge in [0.15, 0.2) is 0 Å². The number of alkyl halides is 3. The van der Waals surface area contributed by atoms with Gasteiger partial charge in [-0.2, -0.15) is 13.2 Å². The molecule has 0 aliphatic carbocycles. The van der Waals surface area contributed by atoms with Crippen molar-refractivity contribution in [1.29, 1.82) is 0 Å². The fourth-order valence-corrected chi connectivity index (χ4v) is 1.81.